The maximum absolute atomic E-state index is 13.1. The summed E-state index contributed by atoms with van der Waals surface area (Å²) in [6.45, 7) is -3.59. The highest BCUT2D eigenvalue weighted by molar-refractivity contribution is 5.74. The molecule has 4 amide bonds. The summed E-state index contributed by atoms with van der Waals surface area (Å²) in [6.07, 6.45) is -72.1. The lowest BCUT2D eigenvalue weighted by molar-refractivity contribution is -0.400. The first-order chi connectivity index (χ1) is 47.2. The van der Waals surface area contributed by atoms with Crippen LogP contribution in [0.3, 0.4) is 0 Å². The number of amides is 4. The number of ether oxygens (including phenoxy) is 14. The van der Waals surface area contributed by atoms with Crippen molar-refractivity contribution < 1.29 is 198 Å². The third-order valence-corrected chi connectivity index (χ3v) is 17.8. The number of nitrogens with one attached hydrogen (secondary N) is 4. The number of carbonyl (C=O) groups is 4. The van der Waals surface area contributed by atoms with E-state index in [2.05, 4.69) is 21.3 Å². The highest BCUT2D eigenvalue weighted by Crippen LogP contribution is 2.39. The molecular weight excluding hydrogens is 1370 g/mol. The van der Waals surface area contributed by atoms with Crippen molar-refractivity contribution >= 4 is 23.6 Å². The van der Waals surface area contributed by atoms with E-state index in [4.69, 9.17) is 66.3 Å². The predicted octanol–water partition coefficient (Wildman–Crippen LogP) is -17.2. The Morgan fingerprint density at radius 1 is 0.370 bits per heavy atom. The van der Waals surface area contributed by atoms with Gasteiger partial charge in [0.15, 0.2) is 44.0 Å². The van der Waals surface area contributed by atoms with Gasteiger partial charge in [0.1, 0.15) is 183 Å². The molecular formula is C56H96N4O40. The number of aliphatic hydroxyl groups is 22. The third-order valence-electron chi connectivity index (χ3n) is 17.8. The number of carbonyl (C=O) groups excluding carboxylic acids is 4. The van der Waals surface area contributed by atoms with E-state index in [1.165, 1.54) is 6.92 Å². The van der Waals surface area contributed by atoms with Crippen LogP contribution in [0.25, 0.3) is 0 Å². The second-order valence-corrected chi connectivity index (χ2v) is 25.1. The van der Waals surface area contributed by atoms with Crippen molar-refractivity contribution in [2.75, 3.05) is 52.9 Å². The normalized spacial score (nSPS) is 45.4. The Balaban J connectivity index is 1.31. The predicted molar refractivity (Wildman–Crippen MR) is 312 cm³/mol. The van der Waals surface area contributed by atoms with Gasteiger partial charge < -0.3 is 200 Å². The molecule has 0 radical (unpaired) electrons. The number of aliphatic hydroxyl groups excluding tert-OH is 22. The van der Waals surface area contributed by atoms with Gasteiger partial charge in [-0.15, -0.1) is 0 Å². The SMILES string of the molecule is CC(=O)N[C@H]1[C@H](O[C@@H]([C@H](O)[C@H](CO)NC(C)=O)[C@H](O)CO[C@@H]2O[C@@H](C)[C@@H](O)[C@@H](O)[C@@H]2O)O[C@H](CO)[C@@H](O[C@@H]2O[C@H](CO[C@H]3O[C@H](CO)[C@@H](O)[C@H](O)[C@@H]3O[C@@H]3O[C@H](CO)[C@@H](O)[C@H](O)[C@H]3NC(C)=O)[C@@H](O[C@@H]3O[C@H](CO)[C@@H](O)[C@H](O)[C@H]3NC(C)=O)[C@H](O[C@H]3O[C@H](CO)[C@@H](O)[C@H](O)[C@@H]3O)[C@@H]2O)[C@@H]1O. The highest BCUT2D eigenvalue weighted by atomic mass is 16.8. The number of hydrogen-bond donors (Lipinski definition) is 26. The van der Waals surface area contributed by atoms with Crippen molar-refractivity contribution in [3.8, 4) is 0 Å². The Labute approximate surface area is 568 Å². The standard InChI is InChI=1S/C56H96N4O40/c1-14-30(72)39(81)42(84)53(89-14)87-12-20(71)45(31(73)19(6-61)57-15(2)67)96-52-29(60-18(5)70)38(80)46(25(11-66)94-52)97-55-44(86)48(99-54-43(85)40(82)34(76)23(9-64)92-54)47(98-50-27(58-16(3)68)36(78)32(74)21(7-62)90-50)26(95-55)13-88-56-49(41(83)35(77)24(10-65)93-56)100-51-28(59-17(4)69)37(79)33(75)22(8-63)91-51/h14,19-56,61-66,71-86H,6-13H2,1-5H3,(H,57,67)(H,58,68)(H,59,69)(H,60,70)/t14-,19-,20+,21+,22+,23+,24+,25+,26+,27+,28+,29+,30+,31+,32+,33+,34+,35+,36+,37+,38+,39+,40-,41-,42-,43-,44-,45+,46+,47+,48+,49-,50-,51-,52-,53+,54+,55-,56-/m0/s1. The molecule has 7 aliphatic heterocycles. The van der Waals surface area contributed by atoms with E-state index in [-0.39, 0.29) is 0 Å². The van der Waals surface area contributed by atoms with Crippen molar-refractivity contribution in [2.45, 2.75) is 274 Å². The van der Waals surface area contributed by atoms with Gasteiger partial charge in [0.2, 0.25) is 23.6 Å². The zero-order valence-electron chi connectivity index (χ0n) is 54.4. The van der Waals surface area contributed by atoms with Gasteiger partial charge in [-0.2, -0.15) is 0 Å². The summed E-state index contributed by atoms with van der Waals surface area (Å²) in [5, 5.41) is 252. The van der Waals surface area contributed by atoms with Gasteiger partial charge >= 0.3 is 0 Å². The maximum atomic E-state index is 13.1. The maximum Gasteiger partial charge on any atom is 0.217 e. The van der Waals surface area contributed by atoms with E-state index in [0.717, 1.165) is 27.7 Å². The van der Waals surface area contributed by atoms with Crippen molar-refractivity contribution in [3.05, 3.63) is 0 Å². The zero-order chi connectivity index (χ0) is 74.2. The van der Waals surface area contributed by atoms with E-state index < -0.39 is 316 Å². The molecule has 7 rings (SSSR count). The monoisotopic (exact) mass is 1460 g/mol. The lowest BCUT2D eigenvalue weighted by atomic mass is 9.93. The van der Waals surface area contributed by atoms with E-state index in [9.17, 15) is 132 Å². The zero-order valence-corrected chi connectivity index (χ0v) is 54.4. The van der Waals surface area contributed by atoms with E-state index in [1.54, 1.807) is 0 Å². The summed E-state index contributed by atoms with van der Waals surface area (Å²) in [5.41, 5.74) is 0. The molecule has 44 heteroatoms. The summed E-state index contributed by atoms with van der Waals surface area (Å²) in [6, 6.07) is -7.36. The van der Waals surface area contributed by atoms with Crippen LogP contribution >= 0.6 is 0 Å². The molecule has 0 aliphatic carbocycles. The minimum absolute atomic E-state index is 0.840. The number of hydrogen-bond acceptors (Lipinski definition) is 40. The first-order valence-corrected chi connectivity index (χ1v) is 31.9. The van der Waals surface area contributed by atoms with Gasteiger partial charge in [0.05, 0.1) is 65.0 Å². The average molecular weight is 1470 g/mol. The summed E-state index contributed by atoms with van der Waals surface area (Å²) in [4.78, 5) is 50.6. The Kier molecular flexibility index (Phi) is 31.1. The molecule has 0 spiro atoms. The molecule has 44 nitrogen and oxygen atoms in total. The fraction of sp³-hybridized carbons (Fsp3) is 0.929. The Bertz CT molecular complexity index is 2570. The van der Waals surface area contributed by atoms with Gasteiger partial charge in [-0.1, -0.05) is 0 Å². The lowest BCUT2D eigenvalue weighted by Gasteiger charge is -2.51. The van der Waals surface area contributed by atoms with Crippen LogP contribution in [-0.4, -0.2) is 428 Å². The third kappa shape index (κ3) is 19.3. The van der Waals surface area contributed by atoms with Gasteiger partial charge in [-0.25, -0.2) is 0 Å². The van der Waals surface area contributed by atoms with Crippen LogP contribution in [-0.2, 0) is 85.5 Å². The molecule has 39 atom stereocenters. The highest BCUT2D eigenvalue weighted by Gasteiger charge is 2.59. The molecule has 0 aromatic heterocycles. The molecule has 0 aromatic rings. The first-order valence-electron chi connectivity index (χ1n) is 31.9. The summed E-state index contributed by atoms with van der Waals surface area (Å²) < 4.78 is 83.6. The van der Waals surface area contributed by atoms with Crippen molar-refractivity contribution in [2.24, 2.45) is 0 Å². The Morgan fingerprint density at radius 3 is 1.26 bits per heavy atom. The van der Waals surface area contributed by atoms with Crippen molar-refractivity contribution in [1.82, 2.24) is 21.3 Å². The van der Waals surface area contributed by atoms with E-state index in [0.29, 0.717) is 0 Å². The molecule has 0 unspecified atom stereocenters. The van der Waals surface area contributed by atoms with Crippen molar-refractivity contribution in [3.63, 3.8) is 0 Å². The molecule has 580 valence electrons. The van der Waals surface area contributed by atoms with Crippen LogP contribution in [0.1, 0.15) is 34.6 Å². The molecule has 7 aliphatic rings. The molecule has 7 heterocycles. The molecule has 100 heavy (non-hydrogen) atoms. The van der Waals surface area contributed by atoms with Crippen LogP contribution in [0.4, 0.5) is 0 Å². The van der Waals surface area contributed by atoms with Crippen LogP contribution in [0.5, 0.6) is 0 Å². The van der Waals surface area contributed by atoms with Gasteiger partial charge in [-0.05, 0) is 6.92 Å². The summed E-state index contributed by atoms with van der Waals surface area (Å²) in [7, 11) is 0. The molecule has 0 saturated carbocycles. The van der Waals surface area contributed by atoms with Crippen molar-refractivity contribution in [1.29, 1.82) is 0 Å². The quantitative estimate of drug-likeness (QED) is 0.0331. The van der Waals surface area contributed by atoms with Gasteiger partial charge in [-0.3, -0.25) is 19.2 Å². The molecule has 0 aromatic carbocycles. The molecule has 7 saturated heterocycles. The average Bonchev–Trinajstić information content (AvgIpc) is 0.771. The molecule has 0 bridgehead atoms. The second kappa shape index (κ2) is 37.1. The minimum Gasteiger partial charge on any atom is -0.394 e. The smallest absolute Gasteiger partial charge is 0.217 e. The lowest BCUT2D eigenvalue weighted by Crippen LogP contribution is -2.71. The van der Waals surface area contributed by atoms with Gasteiger partial charge in [0.25, 0.3) is 0 Å². The second-order valence-electron chi connectivity index (χ2n) is 25.1. The molecule has 26 N–H and O–H groups in total. The van der Waals surface area contributed by atoms with Crippen LogP contribution in [0.15, 0.2) is 0 Å². The van der Waals surface area contributed by atoms with Crippen LogP contribution < -0.4 is 21.3 Å². The summed E-state index contributed by atoms with van der Waals surface area (Å²) in [5.74, 6) is -3.59. The minimum atomic E-state index is -2.56. The fourth-order valence-corrected chi connectivity index (χ4v) is 12.4. The van der Waals surface area contributed by atoms with Crippen LogP contribution in [0.2, 0.25) is 0 Å². The number of rotatable bonds is 29. The largest absolute Gasteiger partial charge is 0.394 e. The van der Waals surface area contributed by atoms with Crippen LogP contribution in [0, 0.1) is 0 Å². The van der Waals surface area contributed by atoms with Gasteiger partial charge in [0, 0.05) is 27.7 Å². The first kappa shape index (κ1) is 83.7. The molecule has 7 fully saturated rings. The van der Waals surface area contributed by atoms with E-state index >= 15 is 0 Å². The topological polar surface area (TPSA) is 691 Å². The summed E-state index contributed by atoms with van der Waals surface area (Å²) >= 11 is 0. The van der Waals surface area contributed by atoms with E-state index in [1.807, 2.05) is 0 Å². The fourth-order valence-electron chi connectivity index (χ4n) is 12.4. The Morgan fingerprint density at radius 2 is 0.770 bits per heavy atom. The Hall–Kier alpha value is -3.56.